The van der Waals surface area contributed by atoms with E-state index < -0.39 is 12.1 Å². The van der Waals surface area contributed by atoms with Gasteiger partial charge in [-0.25, -0.2) is 0 Å². The SMILES string of the molecule is O=C(O)CN1CCN(CC(=O)NCc2cccs2)C[C@H](O)C1. The second kappa shape index (κ2) is 8.23. The number of β-amino-alcohol motifs (C(OH)–C–C–N with tert-alkyl or cyclic N) is 1. The third kappa shape index (κ3) is 5.72. The van der Waals surface area contributed by atoms with Crippen molar-refractivity contribution in [3.8, 4) is 0 Å². The van der Waals surface area contributed by atoms with Crippen LogP contribution < -0.4 is 5.32 Å². The number of nitrogens with one attached hydrogen (secondary N) is 1. The summed E-state index contributed by atoms with van der Waals surface area (Å²) in [6.07, 6.45) is -0.646. The van der Waals surface area contributed by atoms with Crippen molar-refractivity contribution in [3.05, 3.63) is 22.4 Å². The fourth-order valence-corrected chi connectivity index (χ4v) is 3.10. The molecule has 2 heterocycles. The van der Waals surface area contributed by atoms with E-state index in [4.69, 9.17) is 5.11 Å². The Bertz CT molecular complexity index is 494. The Kier molecular flexibility index (Phi) is 6.32. The van der Waals surface area contributed by atoms with Crippen LogP contribution in [0.2, 0.25) is 0 Å². The number of hydrogen-bond acceptors (Lipinski definition) is 6. The molecule has 1 aliphatic rings. The van der Waals surface area contributed by atoms with Crippen molar-refractivity contribution >= 4 is 23.2 Å². The number of carbonyl (C=O) groups is 2. The number of aliphatic carboxylic acids is 1. The Hall–Kier alpha value is -1.48. The molecule has 0 unspecified atom stereocenters. The second-order valence-corrected chi connectivity index (χ2v) is 6.41. The maximum Gasteiger partial charge on any atom is 0.317 e. The van der Waals surface area contributed by atoms with Gasteiger partial charge in [0.2, 0.25) is 5.91 Å². The topological polar surface area (TPSA) is 93.1 Å². The van der Waals surface area contributed by atoms with Gasteiger partial charge in [0.1, 0.15) is 0 Å². The third-order valence-corrected chi connectivity index (χ3v) is 4.31. The minimum Gasteiger partial charge on any atom is -0.480 e. The lowest BCUT2D eigenvalue weighted by Crippen LogP contribution is -2.40. The lowest BCUT2D eigenvalue weighted by molar-refractivity contribution is -0.138. The first-order valence-corrected chi connectivity index (χ1v) is 8.04. The highest BCUT2D eigenvalue weighted by Gasteiger charge is 2.23. The lowest BCUT2D eigenvalue weighted by Gasteiger charge is -2.20. The summed E-state index contributed by atoms with van der Waals surface area (Å²) in [6.45, 7) is 2.43. The van der Waals surface area contributed by atoms with Gasteiger partial charge in [-0.15, -0.1) is 11.3 Å². The van der Waals surface area contributed by atoms with Crippen LogP contribution in [-0.2, 0) is 16.1 Å². The monoisotopic (exact) mass is 327 g/mol. The highest BCUT2D eigenvalue weighted by atomic mass is 32.1. The first-order chi connectivity index (χ1) is 10.5. The van der Waals surface area contributed by atoms with Crippen LogP contribution in [0.15, 0.2) is 17.5 Å². The van der Waals surface area contributed by atoms with Gasteiger partial charge in [-0.2, -0.15) is 0 Å². The first-order valence-electron chi connectivity index (χ1n) is 7.16. The molecule has 1 amide bonds. The summed E-state index contributed by atoms with van der Waals surface area (Å²) >= 11 is 1.59. The van der Waals surface area contributed by atoms with Gasteiger partial charge in [-0.3, -0.25) is 19.4 Å². The molecule has 3 N–H and O–H groups in total. The van der Waals surface area contributed by atoms with Crippen LogP contribution in [0.5, 0.6) is 0 Å². The summed E-state index contributed by atoms with van der Waals surface area (Å²) in [5, 5.41) is 23.6. The number of amides is 1. The first kappa shape index (κ1) is 16.9. The third-order valence-electron chi connectivity index (χ3n) is 3.44. The fourth-order valence-electron chi connectivity index (χ4n) is 2.46. The summed E-state index contributed by atoms with van der Waals surface area (Å²) < 4.78 is 0. The highest BCUT2D eigenvalue weighted by Crippen LogP contribution is 2.07. The van der Waals surface area contributed by atoms with E-state index >= 15 is 0 Å². The van der Waals surface area contributed by atoms with Crippen LogP contribution in [0, 0.1) is 0 Å². The molecule has 7 nitrogen and oxygen atoms in total. The smallest absolute Gasteiger partial charge is 0.317 e. The van der Waals surface area contributed by atoms with E-state index in [9.17, 15) is 14.7 Å². The molecule has 1 atom stereocenters. The summed E-state index contributed by atoms with van der Waals surface area (Å²) in [5.74, 6) is -0.998. The van der Waals surface area contributed by atoms with E-state index in [1.54, 1.807) is 16.2 Å². The van der Waals surface area contributed by atoms with Crippen LogP contribution in [0.25, 0.3) is 0 Å². The average Bonchev–Trinajstić information content (AvgIpc) is 2.89. The van der Waals surface area contributed by atoms with E-state index in [0.717, 1.165) is 4.88 Å². The van der Waals surface area contributed by atoms with E-state index in [1.165, 1.54) is 0 Å². The lowest BCUT2D eigenvalue weighted by atomic mass is 10.3. The Balaban J connectivity index is 1.77. The molecule has 1 saturated heterocycles. The zero-order chi connectivity index (χ0) is 15.9. The van der Waals surface area contributed by atoms with Crippen molar-refractivity contribution in [1.82, 2.24) is 15.1 Å². The van der Waals surface area contributed by atoms with Crippen molar-refractivity contribution < 1.29 is 19.8 Å². The molecule has 1 fully saturated rings. The minimum absolute atomic E-state index is 0.0878. The van der Waals surface area contributed by atoms with Gasteiger partial charge in [0.05, 0.1) is 25.7 Å². The molecule has 0 aliphatic carbocycles. The molecule has 1 aromatic heterocycles. The summed E-state index contributed by atoms with van der Waals surface area (Å²) in [7, 11) is 0. The molecule has 0 aromatic carbocycles. The molecule has 2 rings (SSSR count). The Morgan fingerprint density at radius 1 is 1.27 bits per heavy atom. The van der Waals surface area contributed by atoms with E-state index in [0.29, 0.717) is 32.7 Å². The number of aliphatic hydroxyl groups excluding tert-OH is 1. The zero-order valence-corrected chi connectivity index (χ0v) is 13.1. The maximum absolute atomic E-state index is 11.9. The van der Waals surface area contributed by atoms with Crippen molar-refractivity contribution in [2.45, 2.75) is 12.6 Å². The zero-order valence-electron chi connectivity index (χ0n) is 12.3. The van der Waals surface area contributed by atoms with Crippen LogP contribution in [0.1, 0.15) is 4.88 Å². The number of carboxylic acids is 1. The van der Waals surface area contributed by atoms with Crippen LogP contribution in [0.4, 0.5) is 0 Å². The van der Waals surface area contributed by atoms with E-state index in [1.807, 2.05) is 22.4 Å². The van der Waals surface area contributed by atoms with E-state index in [-0.39, 0.29) is 19.0 Å². The molecule has 8 heteroatoms. The summed E-state index contributed by atoms with van der Waals surface area (Å²) in [5.41, 5.74) is 0. The van der Waals surface area contributed by atoms with Crippen LogP contribution in [-0.4, -0.2) is 77.3 Å². The quantitative estimate of drug-likeness (QED) is 0.648. The van der Waals surface area contributed by atoms with Gasteiger partial charge in [0.15, 0.2) is 0 Å². The predicted octanol–water partition coefficient (Wildman–Crippen LogP) is -0.573. The molecule has 1 aromatic rings. The molecule has 122 valence electrons. The number of aliphatic hydroxyl groups is 1. The molecular formula is C14H21N3O4S. The standard InChI is InChI=1S/C14H21N3O4S/c18-11-7-16(3-4-17(8-11)10-14(20)21)9-13(19)15-6-12-2-1-5-22-12/h1-2,5,11,18H,3-4,6-10H2,(H,15,19)(H,20,21)/t11-/m0/s1. The number of hydrogen-bond donors (Lipinski definition) is 3. The van der Waals surface area contributed by atoms with Gasteiger partial charge in [0, 0.05) is 31.1 Å². The predicted molar refractivity (Wildman–Crippen MR) is 82.7 cm³/mol. The van der Waals surface area contributed by atoms with Gasteiger partial charge in [-0.1, -0.05) is 6.07 Å². The fraction of sp³-hybridized carbons (Fsp3) is 0.571. The van der Waals surface area contributed by atoms with Crippen molar-refractivity contribution in [2.75, 3.05) is 39.3 Å². The number of rotatable bonds is 6. The highest BCUT2D eigenvalue weighted by molar-refractivity contribution is 7.09. The molecule has 0 spiro atoms. The average molecular weight is 327 g/mol. The van der Waals surface area contributed by atoms with Gasteiger partial charge in [0.25, 0.3) is 0 Å². The molecule has 0 bridgehead atoms. The Morgan fingerprint density at radius 3 is 2.55 bits per heavy atom. The molecular weight excluding hydrogens is 306 g/mol. The Labute approximate surface area is 133 Å². The van der Waals surface area contributed by atoms with Gasteiger partial charge >= 0.3 is 5.97 Å². The number of thiophene rings is 1. The second-order valence-electron chi connectivity index (χ2n) is 5.37. The normalized spacial score (nSPS) is 20.5. The molecule has 0 radical (unpaired) electrons. The van der Waals surface area contributed by atoms with Crippen LogP contribution >= 0.6 is 11.3 Å². The minimum atomic E-state index is -0.908. The number of carboxylic acid groups (broad SMARTS) is 1. The van der Waals surface area contributed by atoms with E-state index in [2.05, 4.69) is 5.32 Å². The van der Waals surface area contributed by atoms with Crippen molar-refractivity contribution in [1.29, 1.82) is 0 Å². The van der Waals surface area contributed by atoms with Crippen molar-refractivity contribution in [2.24, 2.45) is 0 Å². The maximum atomic E-state index is 11.9. The van der Waals surface area contributed by atoms with Crippen LogP contribution in [0.3, 0.4) is 0 Å². The number of nitrogens with zero attached hydrogens (tertiary/aromatic N) is 2. The largest absolute Gasteiger partial charge is 0.480 e. The molecule has 1 aliphatic heterocycles. The Morgan fingerprint density at radius 2 is 1.95 bits per heavy atom. The number of carbonyl (C=O) groups excluding carboxylic acids is 1. The van der Waals surface area contributed by atoms with Crippen molar-refractivity contribution in [3.63, 3.8) is 0 Å². The molecule has 22 heavy (non-hydrogen) atoms. The van der Waals surface area contributed by atoms with Gasteiger partial charge < -0.3 is 15.5 Å². The summed E-state index contributed by atoms with van der Waals surface area (Å²) in [4.78, 5) is 27.3. The summed E-state index contributed by atoms with van der Waals surface area (Å²) in [6, 6.07) is 3.90. The van der Waals surface area contributed by atoms with Gasteiger partial charge in [-0.05, 0) is 11.4 Å². The molecule has 0 saturated carbocycles.